The molecule has 0 amide bonds. The molecule has 0 radical (unpaired) electrons. The van der Waals surface area contributed by atoms with Gasteiger partial charge in [-0.25, -0.2) is 9.97 Å². The Labute approximate surface area is 179 Å². The fraction of sp³-hybridized carbons (Fsp3) is 0.261. The van der Waals surface area contributed by atoms with Crippen LogP contribution in [0.4, 0.5) is 5.82 Å². The number of rotatable bonds is 6. The minimum atomic E-state index is 0.700. The Bertz CT molecular complexity index is 1110. The summed E-state index contributed by atoms with van der Waals surface area (Å²) in [5, 5.41) is 6.85. The normalized spacial score (nSPS) is 14.8. The molecular weight excluding hydrogens is 394 g/mol. The van der Waals surface area contributed by atoms with Gasteiger partial charge in [0.15, 0.2) is 5.82 Å². The van der Waals surface area contributed by atoms with Crippen molar-refractivity contribution >= 4 is 27.4 Å². The molecule has 0 spiro atoms. The van der Waals surface area contributed by atoms with Crippen molar-refractivity contribution in [1.29, 1.82) is 0 Å². The van der Waals surface area contributed by atoms with Crippen molar-refractivity contribution in [3.8, 4) is 22.5 Å². The summed E-state index contributed by atoms with van der Waals surface area (Å²) in [5.41, 5.74) is 3.27. The van der Waals surface area contributed by atoms with Crippen molar-refractivity contribution in [2.45, 2.75) is 0 Å². The number of aromatic nitrogens is 3. The van der Waals surface area contributed by atoms with Crippen LogP contribution in [0.2, 0.25) is 0 Å². The number of pyridine rings is 1. The highest BCUT2D eigenvalue weighted by Gasteiger charge is 2.17. The van der Waals surface area contributed by atoms with Gasteiger partial charge in [0.25, 0.3) is 0 Å². The van der Waals surface area contributed by atoms with Gasteiger partial charge in [-0.15, -0.1) is 11.3 Å². The second-order valence-electron chi connectivity index (χ2n) is 7.21. The van der Waals surface area contributed by atoms with Crippen LogP contribution < -0.4 is 5.32 Å². The molecule has 4 heterocycles. The molecule has 1 aromatic carbocycles. The standard InChI is InChI=1S/C23H23N5OS/c1-2-5-17(6-3-1)19-16-30-23-20(19)22(25-9-10-28-11-13-29-14-12-28)26-21(27-23)18-7-4-8-24-15-18/h1-8,15-16H,9-14H2,(H,25,26,27). The number of hydrogen-bond donors (Lipinski definition) is 1. The van der Waals surface area contributed by atoms with Crippen LogP contribution in [-0.2, 0) is 4.74 Å². The average Bonchev–Trinajstić information content (AvgIpc) is 3.25. The second-order valence-corrected chi connectivity index (χ2v) is 8.07. The minimum absolute atomic E-state index is 0.700. The van der Waals surface area contributed by atoms with Crippen LogP contribution in [0.15, 0.2) is 60.2 Å². The number of thiophene rings is 1. The molecule has 1 aliphatic heterocycles. The van der Waals surface area contributed by atoms with Gasteiger partial charge in [-0.3, -0.25) is 9.88 Å². The summed E-state index contributed by atoms with van der Waals surface area (Å²) in [4.78, 5) is 17.4. The van der Waals surface area contributed by atoms with E-state index in [0.29, 0.717) is 5.82 Å². The molecule has 5 rings (SSSR count). The van der Waals surface area contributed by atoms with E-state index < -0.39 is 0 Å². The lowest BCUT2D eigenvalue weighted by atomic mass is 10.1. The van der Waals surface area contributed by atoms with Gasteiger partial charge < -0.3 is 10.1 Å². The first-order valence-corrected chi connectivity index (χ1v) is 11.1. The van der Waals surface area contributed by atoms with E-state index in [9.17, 15) is 0 Å². The molecule has 0 atom stereocenters. The van der Waals surface area contributed by atoms with Crippen molar-refractivity contribution in [2.24, 2.45) is 0 Å². The summed E-state index contributed by atoms with van der Waals surface area (Å²) in [5.74, 6) is 1.58. The first-order chi connectivity index (χ1) is 14.9. The average molecular weight is 418 g/mol. The van der Waals surface area contributed by atoms with Crippen LogP contribution in [0.3, 0.4) is 0 Å². The molecule has 3 aromatic heterocycles. The van der Waals surface area contributed by atoms with Crippen LogP contribution in [0.1, 0.15) is 0 Å². The lowest BCUT2D eigenvalue weighted by Gasteiger charge is -2.26. The third-order valence-electron chi connectivity index (χ3n) is 5.26. The molecule has 30 heavy (non-hydrogen) atoms. The van der Waals surface area contributed by atoms with Gasteiger partial charge in [0.1, 0.15) is 10.6 Å². The molecule has 6 nitrogen and oxygen atoms in total. The molecule has 1 saturated heterocycles. The predicted molar refractivity (Wildman–Crippen MR) is 122 cm³/mol. The van der Waals surface area contributed by atoms with E-state index in [0.717, 1.165) is 61.0 Å². The molecule has 0 saturated carbocycles. The Morgan fingerprint density at radius 2 is 1.83 bits per heavy atom. The van der Waals surface area contributed by atoms with Crippen LogP contribution in [0.25, 0.3) is 32.7 Å². The van der Waals surface area contributed by atoms with E-state index in [-0.39, 0.29) is 0 Å². The fourth-order valence-corrected chi connectivity index (χ4v) is 4.63. The second kappa shape index (κ2) is 8.87. The highest BCUT2D eigenvalue weighted by molar-refractivity contribution is 7.17. The third kappa shape index (κ3) is 4.05. The van der Waals surface area contributed by atoms with Gasteiger partial charge in [0, 0.05) is 55.1 Å². The monoisotopic (exact) mass is 417 g/mol. The summed E-state index contributed by atoms with van der Waals surface area (Å²) in [7, 11) is 0. The van der Waals surface area contributed by atoms with Gasteiger partial charge in [0.05, 0.1) is 18.6 Å². The van der Waals surface area contributed by atoms with Crippen LogP contribution in [-0.4, -0.2) is 59.2 Å². The first-order valence-electron chi connectivity index (χ1n) is 10.2. The van der Waals surface area contributed by atoms with Crippen molar-refractivity contribution in [1.82, 2.24) is 19.9 Å². The molecule has 1 N–H and O–H groups in total. The van der Waals surface area contributed by atoms with Crippen LogP contribution >= 0.6 is 11.3 Å². The zero-order valence-electron chi connectivity index (χ0n) is 16.6. The summed E-state index contributed by atoms with van der Waals surface area (Å²) >= 11 is 1.65. The number of hydrogen-bond acceptors (Lipinski definition) is 7. The number of anilines is 1. The third-order valence-corrected chi connectivity index (χ3v) is 6.13. The number of benzene rings is 1. The lowest BCUT2D eigenvalue weighted by molar-refractivity contribution is 0.0398. The molecule has 0 bridgehead atoms. The maximum Gasteiger partial charge on any atom is 0.164 e. The molecule has 4 aromatic rings. The highest BCUT2D eigenvalue weighted by atomic mass is 32.1. The van der Waals surface area contributed by atoms with Gasteiger partial charge in [-0.1, -0.05) is 30.3 Å². The van der Waals surface area contributed by atoms with Crippen LogP contribution in [0, 0.1) is 0 Å². The Hall–Kier alpha value is -2.87. The summed E-state index contributed by atoms with van der Waals surface area (Å²) in [6.07, 6.45) is 3.58. The van der Waals surface area contributed by atoms with E-state index in [1.54, 1.807) is 17.5 Å². The number of nitrogens with zero attached hydrogens (tertiary/aromatic N) is 4. The zero-order chi connectivity index (χ0) is 20.2. The quantitative estimate of drug-likeness (QED) is 0.508. The smallest absolute Gasteiger partial charge is 0.164 e. The van der Waals surface area contributed by atoms with E-state index in [4.69, 9.17) is 14.7 Å². The molecule has 7 heteroatoms. The zero-order valence-corrected chi connectivity index (χ0v) is 17.4. The number of ether oxygens (including phenoxy) is 1. The van der Waals surface area contributed by atoms with E-state index in [2.05, 4.69) is 44.8 Å². The highest BCUT2D eigenvalue weighted by Crippen LogP contribution is 2.38. The van der Waals surface area contributed by atoms with E-state index in [1.807, 2.05) is 24.4 Å². The number of morpholine rings is 1. The number of nitrogens with one attached hydrogen (secondary N) is 1. The predicted octanol–water partition coefficient (Wildman–Crippen LogP) is 4.16. The van der Waals surface area contributed by atoms with E-state index >= 15 is 0 Å². The summed E-state index contributed by atoms with van der Waals surface area (Å²) in [6.45, 7) is 5.37. The van der Waals surface area contributed by atoms with Gasteiger partial charge in [-0.2, -0.15) is 0 Å². The Balaban J connectivity index is 1.51. The summed E-state index contributed by atoms with van der Waals surface area (Å²) in [6, 6.07) is 14.3. The lowest BCUT2D eigenvalue weighted by Crippen LogP contribution is -2.39. The first kappa shape index (κ1) is 19.1. The van der Waals surface area contributed by atoms with Crippen molar-refractivity contribution in [2.75, 3.05) is 44.7 Å². The van der Waals surface area contributed by atoms with Gasteiger partial charge in [0.2, 0.25) is 0 Å². The largest absolute Gasteiger partial charge is 0.379 e. The van der Waals surface area contributed by atoms with Gasteiger partial charge in [-0.05, 0) is 17.7 Å². The molecule has 0 unspecified atom stereocenters. The topological polar surface area (TPSA) is 63.2 Å². The SMILES string of the molecule is c1ccc(-c2csc3nc(-c4cccnc4)nc(NCCN4CCOCC4)c23)cc1. The minimum Gasteiger partial charge on any atom is -0.379 e. The maximum absolute atomic E-state index is 5.45. The molecule has 0 aliphatic carbocycles. The van der Waals surface area contributed by atoms with Crippen LogP contribution in [0.5, 0.6) is 0 Å². The maximum atomic E-state index is 5.45. The van der Waals surface area contributed by atoms with Crippen molar-refractivity contribution < 1.29 is 4.74 Å². The number of fused-ring (bicyclic) bond motifs is 1. The van der Waals surface area contributed by atoms with Gasteiger partial charge >= 0.3 is 0 Å². The Kier molecular flexibility index (Phi) is 5.65. The van der Waals surface area contributed by atoms with Crippen molar-refractivity contribution in [3.05, 3.63) is 60.2 Å². The molecule has 152 valence electrons. The Morgan fingerprint density at radius 3 is 2.63 bits per heavy atom. The fourth-order valence-electron chi connectivity index (χ4n) is 3.68. The molecule has 1 fully saturated rings. The molecule has 1 aliphatic rings. The molecular formula is C23H23N5OS. The Morgan fingerprint density at radius 1 is 1.00 bits per heavy atom. The van der Waals surface area contributed by atoms with Crippen molar-refractivity contribution in [3.63, 3.8) is 0 Å². The van der Waals surface area contributed by atoms with E-state index in [1.165, 1.54) is 11.1 Å². The summed E-state index contributed by atoms with van der Waals surface area (Å²) < 4.78 is 5.45.